The Morgan fingerprint density at radius 2 is 2.30 bits per heavy atom. The summed E-state index contributed by atoms with van der Waals surface area (Å²) in [5.74, 6) is 0.451. The number of piperidine rings is 1. The topological polar surface area (TPSA) is 41.6 Å². The Balaban J connectivity index is 1.83. The van der Waals surface area contributed by atoms with Crippen molar-refractivity contribution in [2.45, 2.75) is 58.7 Å². The molecule has 1 aromatic rings. The fourth-order valence-corrected chi connectivity index (χ4v) is 3.81. The number of hydrogen-bond acceptors (Lipinski definition) is 4. The minimum absolute atomic E-state index is 0.195. The number of ether oxygens (including phenoxy) is 1. The van der Waals surface area contributed by atoms with Gasteiger partial charge in [0.15, 0.2) is 0 Å². The Hall–Kier alpha value is -0.780. The Morgan fingerprint density at radius 3 is 2.91 bits per heavy atom. The molecule has 0 spiro atoms. The van der Waals surface area contributed by atoms with Gasteiger partial charge < -0.3 is 15.0 Å². The van der Waals surface area contributed by atoms with E-state index in [1.807, 2.05) is 37.1 Å². The van der Waals surface area contributed by atoms with Crippen LogP contribution in [0.25, 0.3) is 0 Å². The van der Waals surface area contributed by atoms with Gasteiger partial charge in [-0.25, -0.2) is 4.79 Å². The summed E-state index contributed by atoms with van der Waals surface area (Å²) in [6.07, 6.45) is 1.97. The summed E-state index contributed by atoms with van der Waals surface area (Å²) in [5.41, 5.74) is -0.438. The fourth-order valence-electron chi connectivity index (χ4n) is 2.79. The summed E-state index contributed by atoms with van der Waals surface area (Å²) in [7, 11) is 0. The molecule has 2 atom stereocenters. The molecule has 1 N–H and O–H groups in total. The molecule has 2 rings (SSSR count). The highest BCUT2D eigenvalue weighted by Gasteiger charge is 2.29. The van der Waals surface area contributed by atoms with Gasteiger partial charge in [0.2, 0.25) is 0 Å². The zero-order valence-electron chi connectivity index (χ0n) is 14.4. The smallest absolute Gasteiger partial charge is 0.410 e. The van der Waals surface area contributed by atoms with Gasteiger partial charge in [0.05, 0.1) is 5.02 Å². The number of rotatable bonds is 4. The standard InChI is InChI=1S/C17H27ClN2O2S/c1-12(19-9-15-8-14(18)11-23-15)13-6-5-7-20(10-13)16(21)22-17(2,3)4/h8,11-13,19H,5-7,9-10H2,1-4H3. The van der Waals surface area contributed by atoms with Crippen LogP contribution in [0.5, 0.6) is 0 Å². The Morgan fingerprint density at radius 1 is 1.57 bits per heavy atom. The minimum Gasteiger partial charge on any atom is -0.444 e. The van der Waals surface area contributed by atoms with Crippen molar-refractivity contribution in [2.24, 2.45) is 5.92 Å². The van der Waals surface area contributed by atoms with Crippen molar-refractivity contribution < 1.29 is 9.53 Å². The van der Waals surface area contributed by atoms with Crippen LogP contribution < -0.4 is 5.32 Å². The third kappa shape index (κ3) is 5.98. The lowest BCUT2D eigenvalue weighted by molar-refractivity contribution is 0.0148. The van der Waals surface area contributed by atoms with E-state index in [9.17, 15) is 4.79 Å². The monoisotopic (exact) mass is 358 g/mol. The second-order valence-electron chi connectivity index (χ2n) is 7.23. The second kappa shape index (κ2) is 7.86. The number of amides is 1. The molecule has 2 heterocycles. The van der Waals surface area contributed by atoms with Crippen molar-refractivity contribution in [3.05, 3.63) is 21.3 Å². The van der Waals surface area contributed by atoms with Crippen molar-refractivity contribution >= 4 is 29.0 Å². The van der Waals surface area contributed by atoms with Gasteiger partial charge in [0.1, 0.15) is 5.60 Å². The van der Waals surface area contributed by atoms with E-state index in [4.69, 9.17) is 16.3 Å². The highest BCUT2D eigenvalue weighted by atomic mass is 35.5. The SMILES string of the molecule is CC(NCc1cc(Cl)cs1)C1CCCN(C(=O)OC(C)(C)C)C1. The molecule has 23 heavy (non-hydrogen) atoms. The quantitative estimate of drug-likeness (QED) is 0.859. The first-order valence-electron chi connectivity index (χ1n) is 8.19. The van der Waals surface area contributed by atoms with Crippen LogP contribution in [-0.2, 0) is 11.3 Å². The van der Waals surface area contributed by atoms with Gasteiger partial charge in [-0.3, -0.25) is 0 Å². The molecule has 2 unspecified atom stereocenters. The normalized spacial score (nSPS) is 20.4. The molecule has 0 bridgehead atoms. The van der Waals surface area contributed by atoms with Crippen molar-refractivity contribution in [1.29, 1.82) is 0 Å². The molecule has 1 saturated heterocycles. The van der Waals surface area contributed by atoms with Crippen LogP contribution in [0, 0.1) is 5.92 Å². The second-order valence-corrected chi connectivity index (χ2v) is 8.66. The molecule has 1 aliphatic rings. The molecule has 1 aromatic heterocycles. The molecule has 6 heteroatoms. The maximum absolute atomic E-state index is 12.2. The average Bonchev–Trinajstić information content (AvgIpc) is 2.89. The maximum atomic E-state index is 12.2. The molecule has 0 aromatic carbocycles. The predicted octanol–water partition coefficient (Wildman–Crippen LogP) is 4.53. The van der Waals surface area contributed by atoms with Crippen LogP contribution in [0.4, 0.5) is 4.79 Å². The highest BCUT2D eigenvalue weighted by molar-refractivity contribution is 7.10. The molecule has 1 fully saturated rings. The third-order valence-corrected chi connectivity index (χ3v) is 5.32. The van der Waals surface area contributed by atoms with E-state index in [2.05, 4.69) is 12.2 Å². The molecule has 0 radical (unpaired) electrons. The van der Waals surface area contributed by atoms with E-state index in [0.717, 1.165) is 37.5 Å². The zero-order chi connectivity index (χ0) is 17.0. The number of nitrogens with zero attached hydrogens (tertiary/aromatic N) is 1. The fraction of sp³-hybridized carbons (Fsp3) is 0.706. The van der Waals surface area contributed by atoms with Crippen molar-refractivity contribution in [1.82, 2.24) is 10.2 Å². The first-order valence-corrected chi connectivity index (χ1v) is 9.44. The van der Waals surface area contributed by atoms with Gasteiger partial charge in [0.25, 0.3) is 0 Å². The first kappa shape index (κ1) is 18.6. The van der Waals surface area contributed by atoms with Crippen LogP contribution in [-0.4, -0.2) is 35.7 Å². The van der Waals surface area contributed by atoms with Gasteiger partial charge >= 0.3 is 6.09 Å². The highest BCUT2D eigenvalue weighted by Crippen LogP contribution is 2.23. The van der Waals surface area contributed by atoms with Crippen LogP contribution >= 0.6 is 22.9 Å². The molecular formula is C17H27ClN2O2S. The summed E-state index contributed by atoms with van der Waals surface area (Å²) < 4.78 is 5.49. The summed E-state index contributed by atoms with van der Waals surface area (Å²) in [6, 6.07) is 2.35. The van der Waals surface area contributed by atoms with E-state index in [-0.39, 0.29) is 6.09 Å². The van der Waals surface area contributed by atoms with Crippen LogP contribution in [0.2, 0.25) is 5.02 Å². The maximum Gasteiger partial charge on any atom is 0.410 e. The van der Waals surface area contributed by atoms with Gasteiger partial charge in [-0.05, 0) is 52.5 Å². The molecule has 0 aliphatic carbocycles. The summed E-state index contributed by atoms with van der Waals surface area (Å²) in [5, 5.41) is 6.31. The van der Waals surface area contributed by atoms with E-state index in [0.29, 0.717) is 12.0 Å². The molecule has 4 nitrogen and oxygen atoms in total. The van der Waals surface area contributed by atoms with E-state index < -0.39 is 5.60 Å². The van der Waals surface area contributed by atoms with E-state index >= 15 is 0 Å². The summed E-state index contributed by atoms with van der Waals surface area (Å²) in [6.45, 7) is 10.3. The summed E-state index contributed by atoms with van der Waals surface area (Å²) >= 11 is 7.63. The van der Waals surface area contributed by atoms with Crippen LogP contribution in [0.15, 0.2) is 11.4 Å². The van der Waals surface area contributed by atoms with E-state index in [1.54, 1.807) is 11.3 Å². The van der Waals surface area contributed by atoms with Gasteiger partial charge in [-0.15, -0.1) is 11.3 Å². The lowest BCUT2D eigenvalue weighted by atomic mass is 9.92. The molecule has 1 aliphatic heterocycles. The number of nitrogens with one attached hydrogen (secondary N) is 1. The number of carbonyl (C=O) groups excluding carboxylic acids is 1. The van der Waals surface area contributed by atoms with Gasteiger partial charge in [-0.2, -0.15) is 0 Å². The lowest BCUT2D eigenvalue weighted by Gasteiger charge is -2.36. The third-order valence-electron chi connectivity index (χ3n) is 4.04. The summed E-state index contributed by atoms with van der Waals surface area (Å²) in [4.78, 5) is 15.3. The number of hydrogen-bond donors (Lipinski definition) is 1. The molecule has 0 saturated carbocycles. The lowest BCUT2D eigenvalue weighted by Crippen LogP contribution is -2.47. The Bertz CT molecular complexity index is 527. The molecule has 1 amide bonds. The van der Waals surface area contributed by atoms with Gasteiger partial charge in [0, 0.05) is 35.9 Å². The van der Waals surface area contributed by atoms with E-state index in [1.165, 1.54) is 4.88 Å². The first-order chi connectivity index (χ1) is 10.7. The van der Waals surface area contributed by atoms with Crippen molar-refractivity contribution in [3.8, 4) is 0 Å². The number of thiophene rings is 1. The van der Waals surface area contributed by atoms with Crippen LogP contribution in [0.3, 0.4) is 0 Å². The molecular weight excluding hydrogens is 332 g/mol. The number of likely N-dealkylation sites (tertiary alicyclic amines) is 1. The number of halogens is 1. The zero-order valence-corrected chi connectivity index (χ0v) is 16.0. The van der Waals surface area contributed by atoms with Crippen molar-refractivity contribution in [3.63, 3.8) is 0 Å². The Kier molecular flexibility index (Phi) is 6.34. The minimum atomic E-state index is -0.438. The van der Waals surface area contributed by atoms with Gasteiger partial charge in [-0.1, -0.05) is 11.6 Å². The largest absolute Gasteiger partial charge is 0.444 e. The van der Waals surface area contributed by atoms with Crippen molar-refractivity contribution in [2.75, 3.05) is 13.1 Å². The molecule has 130 valence electrons. The Labute approximate surface area is 148 Å². The van der Waals surface area contributed by atoms with Crippen LogP contribution in [0.1, 0.15) is 45.4 Å². The number of carbonyl (C=O) groups is 1. The average molecular weight is 359 g/mol. The predicted molar refractivity (Wildman–Crippen MR) is 96.2 cm³/mol.